The van der Waals surface area contributed by atoms with Crippen molar-refractivity contribution in [3.63, 3.8) is 0 Å². The Balaban J connectivity index is 1.96. The Kier molecular flexibility index (Phi) is 5.08. The molecular formula is C18H23N3O3S. The number of benzene rings is 2. The van der Waals surface area contributed by atoms with Crippen molar-refractivity contribution in [1.29, 1.82) is 0 Å². The van der Waals surface area contributed by atoms with Gasteiger partial charge in [0.05, 0.1) is 4.90 Å². The van der Waals surface area contributed by atoms with E-state index in [1.807, 2.05) is 6.07 Å². The minimum Gasteiger partial charge on any atom is -0.328 e. The molecular weight excluding hydrogens is 338 g/mol. The molecule has 4 N–H and O–H groups in total. The Bertz CT molecular complexity index is 888. The van der Waals surface area contributed by atoms with Crippen LogP contribution < -0.4 is 15.8 Å². The molecule has 0 heterocycles. The number of anilines is 1. The second-order valence-corrected chi connectivity index (χ2v) is 8.25. The minimum absolute atomic E-state index is 0.0846. The first-order valence-electron chi connectivity index (χ1n) is 8.44. The quantitative estimate of drug-likeness (QED) is 0.778. The number of carbonyl (C=O) groups is 1. The molecule has 7 heteroatoms. The third-order valence-electron chi connectivity index (χ3n) is 4.58. The molecule has 6 nitrogen and oxygen atoms in total. The van der Waals surface area contributed by atoms with E-state index in [4.69, 9.17) is 5.73 Å². The lowest BCUT2D eigenvalue weighted by Crippen LogP contribution is -2.40. The van der Waals surface area contributed by atoms with Crippen molar-refractivity contribution in [2.75, 3.05) is 5.32 Å². The van der Waals surface area contributed by atoms with Gasteiger partial charge < -0.3 is 11.1 Å². The van der Waals surface area contributed by atoms with Gasteiger partial charge in [-0.1, -0.05) is 24.3 Å². The van der Waals surface area contributed by atoms with Gasteiger partial charge in [0.2, 0.25) is 15.9 Å². The SMILES string of the molecule is CC(=O)Nc1ccc(S(=O)(=O)NC2CCC(N)CC2)c2ccccc12. The minimum atomic E-state index is -3.65. The summed E-state index contributed by atoms with van der Waals surface area (Å²) < 4.78 is 28.6. The molecule has 1 fully saturated rings. The number of amides is 1. The average Bonchev–Trinajstić information content (AvgIpc) is 2.56. The monoisotopic (exact) mass is 361 g/mol. The van der Waals surface area contributed by atoms with Gasteiger partial charge in [0.15, 0.2) is 0 Å². The molecule has 2 aromatic carbocycles. The molecule has 0 atom stereocenters. The van der Waals surface area contributed by atoms with Crippen molar-refractivity contribution in [2.45, 2.75) is 49.6 Å². The summed E-state index contributed by atoms with van der Waals surface area (Å²) in [5, 5.41) is 4.04. The highest BCUT2D eigenvalue weighted by molar-refractivity contribution is 7.89. The number of hydrogen-bond donors (Lipinski definition) is 3. The van der Waals surface area contributed by atoms with Crippen LogP contribution in [-0.2, 0) is 14.8 Å². The zero-order valence-corrected chi connectivity index (χ0v) is 15.0. The van der Waals surface area contributed by atoms with E-state index >= 15 is 0 Å². The Morgan fingerprint density at radius 3 is 2.32 bits per heavy atom. The van der Waals surface area contributed by atoms with Crippen LogP contribution in [0.5, 0.6) is 0 Å². The first-order valence-corrected chi connectivity index (χ1v) is 9.92. The zero-order valence-electron chi connectivity index (χ0n) is 14.2. The largest absolute Gasteiger partial charge is 0.328 e. The first-order chi connectivity index (χ1) is 11.9. The second-order valence-electron chi connectivity index (χ2n) is 6.57. The summed E-state index contributed by atoms with van der Waals surface area (Å²) in [6.07, 6.45) is 3.16. The van der Waals surface area contributed by atoms with Crippen LogP contribution in [-0.4, -0.2) is 26.4 Å². The molecule has 1 amide bonds. The number of carbonyl (C=O) groups excluding carboxylic acids is 1. The second kappa shape index (κ2) is 7.11. The summed E-state index contributed by atoms with van der Waals surface area (Å²) in [6.45, 7) is 1.43. The lowest BCUT2D eigenvalue weighted by atomic mass is 9.93. The molecule has 0 aliphatic heterocycles. The fourth-order valence-electron chi connectivity index (χ4n) is 3.32. The van der Waals surface area contributed by atoms with Crippen molar-refractivity contribution < 1.29 is 13.2 Å². The van der Waals surface area contributed by atoms with E-state index < -0.39 is 10.0 Å². The van der Waals surface area contributed by atoms with Crippen LogP contribution in [0.25, 0.3) is 10.8 Å². The molecule has 134 valence electrons. The Morgan fingerprint density at radius 1 is 1.04 bits per heavy atom. The summed E-state index contributed by atoms with van der Waals surface area (Å²) in [5.74, 6) is -0.197. The molecule has 3 rings (SSSR count). The third kappa shape index (κ3) is 4.00. The topological polar surface area (TPSA) is 101 Å². The van der Waals surface area contributed by atoms with Gasteiger partial charge in [-0.3, -0.25) is 4.79 Å². The van der Waals surface area contributed by atoms with Gasteiger partial charge in [-0.25, -0.2) is 13.1 Å². The molecule has 0 unspecified atom stereocenters. The van der Waals surface area contributed by atoms with Gasteiger partial charge in [-0.15, -0.1) is 0 Å². The highest BCUT2D eigenvalue weighted by Gasteiger charge is 2.25. The molecule has 1 aliphatic carbocycles. The van der Waals surface area contributed by atoms with Crippen LogP contribution in [0.2, 0.25) is 0 Å². The predicted molar refractivity (Wildman–Crippen MR) is 98.8 cm³/mol. The Hall–Kier alpha value is -1.96. The summed E-state index contributed by atoms with van der Waals surface area (Å²) in [5.41, 5.74) is 6.49. The van der Waals surface area contributed by atoms with E-state index in [-0.39, 0.29) is 22.9 Å². The van der Waals surface area contributed by atoms with Crippen molar-refractivity contribution in [3.8, 4) is 0 Å². The van der Waals surface area contributed by atoms with E-state index in [1.165, 1.54) is 6.92 Å². The van der Waals surface area contributed by atoms with E-state index in [0.717, 1.165) is 25.7 Å². The molecule has 1 saturated carbocycles. The highest BCUT2D eigenvalue weighted by atomic mass is 32.2. The smallest absolute Gasteiger partial charge is 0.241 e. The van der Waals surface area contributed by atoms with Crippen LogP contribution in [0.4, 0.5) is 5.69 Å². The number of nitrogens with two attached hydrogens (primary N) is 1. The maximum atomic E-state index is 12.9. The lowest BCUT2D eigenvalue weighted by molar-refractivity contribution is -0.114. The summed E-state index contributed by atoms with van der Waals surface area (Å²) >= 11 is 0. The molecule has 1 aliphatic rings. The molecule has 0 bridgehead atoms. The number of sulfonamides is 1. The highest BCUT2D eigenvalue weighted by Crippen LogP contribution is 2.30. The van der Waals surface area contributed by atoms with Gasteiger partial charge in [0, 0.05) is 35.5 Å². The van der Waals surface area contributed by atoms with Gasteiger partial charge in [-0.05, 0) is 37.8 Å². The van der Waals surface area contributed by atoms with Crippen molar-refractivity contribution in [2.24, 2.45) is 5.73 Å². The molecule has 0 radical (unpaired) electrons. The van der Waals surface area contributed by atoms with Gasteiger partial charge in [0.25, 0.3) is 0 Å². The van der Waals surface area contributed by atoms with Gasteiger partial charge in [-0.2, -0.15) is 0 Å². The van der Waals surface area contributed by atoms with Crippen LogP contribution in [0, 0.1) is 0 Å². The summed E-state index contributed by atoms with van der Waals surface area (Å²) in [7, 11) is -3.65. The summed E-state index contributed by atoms with van der Waals surface area (Å²) in [6, 6.07) is 10.4. The number of fused-ring (bicyclic) bond motifs is 1. The third-order valence-corrected chi connectivity index (χ3v) is 6.16. The van der Waals surface area contributed by atoms with Crippen LogP contribution in [0.1, 0.15) is 32.6 Å². The van der Waals surface area contributed by atoms with Crippen LogP contribution in [0.3, 0.4) is 0 Å². The fraction of sp³-hybridized carbons (Fsp3) is 0.389. The zero-order chi connectivity index (χ0) is 18.0. The lowest BCUT2D eigenvalue weighted by Gasteiger charge is -2.26. The number of rotatable bonds is 4. The average molecular weight is 361 g/mol. The number of hydrogen-bond acceptors (Lipinski definition) is 4. The maximum Gasteiger partial charge on any atom is 0.241 e. The normalized spacial score (nSPS) is 21.2. The molecule has 2 aromatic rings. The van der Waals surface area contributed by atoms with Crippen molar-refractivity contribution in [3.05, 3.63) is 36.4 Å². The van der Waals surface area contributed by atoms with E-state index in [0.29, 0.717) is 16.5 Å². The van der Waals surface area contributed by atoms with E-state index in [2.05, 4.69) is 10.0 Å². The number of nitrogens with one attached hydrogen (secondary N) is 2. The van der Waals surface area contributed by atoms with Crippen molar-refractivity contribution in [1.82, 2.24) is 4.72 Å². The van der Waals surface area contributed by atoms with E-state index in [9.17, 15) is 13.2 Å². The van der Waals surface area contributed by atoms with Gasteiger partial charge in [0.1, 0.15) is 0 Å². The summed E-state index contributed by atoms with van der Waals surface area (Å²) in [4.78, 5) is 11.6. The maximum absolute atomic E-state index is 12.9. The standard InChI is InChI=1S/C18H23N3O3S/c1-12(22)20-17-10-11-18(16-5-3-2-4-15(16)17)25(23,24)21-14-8-6-13(19)7-9-14/h2-5,10-11,13-14,21H,6-9,19H2,1H3,(H,20,22). The molecule has 0 aromatic heterocycles. The van der Waals surface area contributed by atoms with E-state index in [1.54, 1.807) is 30.3 Å². The van der Waals surface area contributed by atoms with Crippen molar-refractivity contribution >= 4 is 32.4 Å². The fourth-order valence-corrected chi connectivity index (χ4v) is 4.84. The Labute approximate surface area is 147 Å². The predicted octanol–water partition coefficient (Wildman–Crippen LogP) is 2.35. The Morgan fingerprint density at radius 2 is 1.68 bits per heavy atom. The molecule has 0 spiro atoms. The first kappa shape index (κ1) is 17.8. The molecule has 0 saturated heterocycles. The van der Waals surface area contributed by atoms with Crippen LogP contribution >= 0.6 is 0 Å². The molecule has 25 heavy (non-hydrogen) atoms. The van der Waals surface area contributed by atoms with Gasteiger partial charge >= 0.3 is 0 Å². The van der Waals surface area contributed by atoms with Crippen LogP contribution in [0.15, 0.2) is 41.3 Å².